The van der Waals surface area contributed by atoms with Crippen molar-refractivity contribution in [3.8, 4) is 22.3 Å². The predicted molar refractivity (Wildman–Crippen MR) is 177 cm³/mol. The molecule has 2 atom stereocenters. The van der Waals surface area contributed by atoms with Crippen LogP contribution in [0.4, 0.5) is 0 Å². The van der Waals surface area contributed by atoms with Gasteiger partial charge in [-0.15, -0.1) is 0 Å². The van der Waals surface area contributed by atoms with E-state index in [1.54, 1.807) is 46.4 Å². The van der Waals surface area contributed by atoms with Crippen molar-refractivity contribution in [3.63, 3.8) is 0 Å². The van der Waals surface area contributed by atoms with E-state index in [1.165, 1.54) is 35.1 Å². The van der Waals surface area contributed by atoms with Crippen LogP contribution in [0.15, 0.2) is 108 Å². The largest absolute Gasteiger partial charge is 1.00 e. The van der Waals surface area contributed by atoms with Crippen molar-refractivity contribution in [2.45, 2.75) is 58.1 Å². The van der Waals surface area contributed by atoms with Crippen LogP contribution in [0.3, 0.4) is 0 Å². The first kappa shape index (κ1) is 31.2. The Kier molecular flexibility index (Phi) is 9.13. The summed E-state index contributed by atoms with van der Waals surface area (Å²) >= 11 is -2.82. The second-order valence-corrected chi connectivity index (χ2v) is 47.1. The van der Waals surface area contributed by atoms with Crippen LogP contribution in [0.2, 0.25) is 24.2 Å². The molecular weight excluding hydrogens is 675 g/mol. The zero-order valence-electron chi connectivity index (χ0n) is 25.0. The van der Waals surface area contributed by atoms with E-state index in [4.69, 9.17) is 0 Å². The molecule has 4 aliphatic rings. The zero-order chi connectivity index (χ0) is 27.6. The fraction of sp³-hybridized carbons (Fsp3) is 0.263. The van der Waals surface area contributed by atoms with Gasteiger partial charge in [-0.05, 0) is 0 Å². The minimum Gasteiger partial charge on any atom is -1.00 e. The fourth-order valence-corrected chi connectivity index (χ4v) is 91.9. The van der Waals surface area contributed by atoms with E-state index in [0.717, 1.165) is 7.25 Å². The molecule has 0 saturated heterocycles. The number of allylic oxidation sites excluding steroid dienone is 2. The van der Waals surface area contributed by atoms with Crippen molar-refractivity contribution < 1.29 is 42.3 Å². The molecule has 0 aromatic heterocycles. The summed E-state index contributed by atoms with van der Waals surface area (Å²) in [6.45, 7) is 4.93. The van der Waals surface area contributed by atoms with Crippen LogP contribution in [0.1, 0.15) is 56.2 Å². The van der Waals surface area contributed by atoms with Crippen molar-refractivity contribution >= 4 is 23.0 Å². The maximum Gasteiger partial charge on any atom is -1.00 e. The summed E-state index contributed by atoms with van der Waals surface area (Å²) in [6, 6.07) is 43.7. The molecular formula is C38H38Cl2Si2Zr. The molecule has 0 radical (unpaired) electrons. The molecule has 216 valence electrons. The van der Waals surface area contributed by atoms with Crippen molar-refractivity contribution in [3.05, 3.63) is 130 Å². The van der Waals surface area contributed by atoms with Crippen molar-refractivity contribution in [1.29, 1.82) is 0 Å². The summed E-state index contributed by atoms with van der Waals surface area (Å²) < 4.78 is 1.60. The van der Waals surface area contributed by atoms with Crippen LogP contribution in [-0.4, -0.2) is 10.9 Å². The summed E-state index contributed by atoms with van der Waals surface area (Å²) in [4.78, 5) is 0. The van der Waals surface area contributed by atoms with Crippen LogP contribution in [0, 0.1) is 0 Å². The fourth-order valence-electron chi connectivity index (χ4n) is 9.27. The molecule has 4 aromatic rings. The van der Waals surface area contributed by atoms with Gasteiger partial charge in [0.15, 0.2) is 0 Å². The molecule has 2 heterocycles. The van der Waals surface area contributed by atoms with E-state index in [-0.39, 0.29) is 35.7 Å². The molecule has 0 spiro atoms. The van der Waals surface area contributed by atoms with E-state index >= 15 is 0 Å². The molecule has 2 bridgehead atoms. The predicted octanol–water partition coefficient (Wildman–Crippen LogP) is 4.59. The average molecular weight is 713 g/mol. The number of benzene rings is 4. The van der Waals surface area contributed by atoms with Crippen LogP contribution in [0.25, 0.3) is 34.4 Å². The Hall–Kier alpha value is -1.74. The van der Waals surface area contributed by atoms with Crippen LogP contribution in [0.5, 0.6) is 0 Å². The van der Waals surface area contributed by atoms with Crippen molar-refractivity contribution in [1.82, 2.24) is 0 Å². The molecule has 0 amide bonds. The maximum atomic E-state index is 2.70. The van der Waals surface area contributed by atoms with Gasteiger partial charge < -0.3 is 24.8 Å². The molecule has 4 aromatic carbocycles. The summed E-state index contributed by atoms with van der Waals surface area (Å²) in [5, 5.41) is 0. The number of halogens is 2. The standard InChI is InChI=1S/2C17H15.C4H8Si2.2ClH.Zr/c2*1-2-13-11-15-9-6-10-16(17(15)12-13)14-7-4-3-5-8-14;1-2-6-4-3-5-1;;;/h2*3-12H,2H2,1H3;1-4H2;2*1H;/q;;;;;+2/p-2. The number of hydrogen-bond donors (Lipinski definition) is 0. The topological polar surface area (TPSA) is 0 Å². The van der Waals surface area contributed by atoms with Gasteiger partial charge >= 0.3 is 251 Å². The van der Waals surface area contributed by atoms with Gasteiger partial charge in [-0.3, -0.25) is 0 Å². The maximum absolute atomic E-state index is 2.82. The van der Waals surface area contributed by atoms with E-state index in [1.807, 2.05) is 11.1 Å². The monoisotopic (exact) mass is 710 g/mol. The molecule has 0 fully saturated rings. The molecule has 2 aliphatic carbocycles. The summed E-state index contributed by atoms with van der Waals surface area (Å²) in [6.07, 6.45) is 7.83. The summed E-state index contributed by atoms with van der Waals surface area (Å²) in [5.74, 6) is 0. The molecule has 0 saturated carbocycles. The number of fused-ring (bicyclic) bond motifs is 2. The third-order valence-corrected chi connectivity index (χ3v) is 69.4. The molecule has 43 heavy (non-hydrogen) atoms. The van der Waals surface area contributed by atoms with Gasteiger partial charge in [0.25, 0.3) is 0 Å². The van der Waals surface area contributed by atoms with Gasteiger partial charge in [-0.2, -0.15) is 0 Å². The quantitative estimate of drug-likeness (QED) is 0.257. The van der Waals surface area contributed by atoms with Crippen LogP contribution >= 0.6 is 0 Å². The Bertz CT molecular complexity index is 1740. The van der Waals surface area contributed by atoms with Crippen LogP contribution in [-0.2, 0) is 17.5 Å². The van der Waals surface area contributed by atoms with Gasteiger partial charge in [-0.1, -0.05) is 0 Å². The van der Waals surface area contributed by atoms with Gasteiger partial charge in [0, 0.05) is 0 Å². The van der Waals surface area contributed by atoms with Crippen molar-refractivity contribution in [2.24, 2.45) is 0 Å². The molecule has 5 heteroatoms. The average Bonchev–Trinajstić information content (AvgIpc) is 3.79. The second-order valence-electron chi connectivity index (χ2n) is 12.4. The third-order valence-electron chi connectivity index (χ3n) is 10.8. The minimum absolute atomic E-state index is 0. The van der Waals surface area contributed by atoms with E-state index in [2.05, 4.69) is 123 Å². The van der Waals surface area contributed by atoms with E-state index in [9.17, 15) is 0 Å². The Morgan fingerprint density at radius 1 is 0.535 bits per heavy atom. The summed E-state index contributed by atoms with van der Waals surface area (Å²) in [5.41, 5.74) is 15.4. The van der Waals surface area contributed by atoms with Crippen molar-refractivity contribution in [2.75, 3.05) is 0 Å². The van der Waals surface area contributed by atoms with E-state index in [0.29, 0.717) is 0 Å². The van der Waals surface area contributed by atoms with Crippen LogP contribution < -0.4 is 24.8 Å². The Balaban J connectivity index is 0.00000165. The normalized spacial score (nSPS) is 19.1. The van der Waals surface area contributed by atoms with Gasteiger partial charge in [0.05, 0.1) is 0 Å². The number of rotatable bonds is 6. The Morgan fingerprint density at radius 2 is 0.930 bits per heavy atom. The zero-order valence-corrected chi connectivity index (χ0v) is 31.0. The molecule has 2 unspecified atom stereocenters. The summed E-state index contributed by atoms with van der Waals surface area (Å²) in [7, 11) is 0. The minimum atomic E-state index is -2.82. The third kappa shape index (κ3) is 4.68. The van der Waals surface area contributed by atoms with Gasteiger partial charge in [0.2, 0.25) is 0 Å². The first-order chi connectivity index (χ1) is 20.3. The smallest absolute Gasteiger partial charge is 1.00 e. The van der Waals surface area contributed by atoms with E-state index < -0.39 is 17.5 Å². The molecule has 8 rings (SSSR count). The second kappa shape index (κ2) is 12.6. The van der Waals surface area contributed by atoms with Gasteiger partial charge in [0.1, 0.15) is 0 Å². The SMILES string of the molecule is CCC1=Cc2c(-c3ccccc3)cccc2[CH]1[Zr+2]1([CH]2C(CC)=Cc3c(-c4ccccc4)cccc32)=[Si]2CC[Si]=1CC2.[Cl-].[Cl-]. The Morgan fingerprint density at radius 3 is 1.30 bits per heavy atom. The number of hydrogen-bond acceptors (Lipinski definition) is 0. The molecule has 2 aliphatic heterocycles. The first-order valence-electron chi connectivity index (χ1n) is 15.7. The molecule has 0 N–H and O–H groups in total. The Labute approximate surface area is 274 Å². The molecule has 0 nitrogen and oxygen atoms in total. The van der Waals surface area contributed by atoms with Gasteiger partial charge in [-0.25, -0.2) is 0 Å². The first-order valence-corrected chi connectivity index (χ1v) is 29.8.